The first-order valence-electron chi connectivity index (χ1n) is 11.6. The quantitative estimate of drug-likeness (QED) is 0.671. The predicted octanol–water partition coefficient (Wildman–Crippen LogP) is 2.80. The summed E-state index contributed by atoms with van der Waals surface area (Å²) in [7, 11) is 0. The van der Waals surface area contributed by atoms with Crippen LogP contribution in [0, 0.1) is 6.92 Å². The molecule has 0 atom stereocenters. The van der Waals surface area contributed by atoms with Crippen LogP contribution >= 0.6 is 0 Å². The third-order valence-electron chi connectivity index (χ3n) is 6.14. The van der Waals surface area contributed by atoms with Crippen molar-refractivity contribution < 1.29 is 14.4 Å². The van der Waals surface area contributed by atoms with Gasteiger partial charge in [-0.25, -0.2) is 0 Å². The Morgan fingerprint density at radius 3 is 2.30 bits per heavy atom. The molecule has 3 amide bonds. The SMILES string of the molecule is CCN(CC)C(=O)c1cccc(NC(=O)CN2CCN(C(=O)Cc3ccccc3C)CC2)c1. The van der Waals surface area contributed by atoms with E-state index in [9.17, 15) is 14.4 Å². The highest BCUT2D eigenvalue weighted by Crippen LogP contribution is 2.14. The molecule has 1 aliphatic heterocycles. The number of piperazine rings is 1. The minimum Gasteiger partial charge on any atom is -0.340 e. The summed E-state index contributed by atoms with van der Waals surface area (Å²) >= 11 is 0. The lowest BCUT2D eigenvalue weighted by molar-refractivity contribution is -0.132. The van der Waals surface area contributed by atoms with E-state index in [1.165, 1.54) is 0 Å². The molecule has 2 aromatic carbocycles. The van der Waals surface area contributed by atoms with E-state index < -0.39 is 0 Å². The summed E-state index contributed by atoms with van der Waals surface area (Å²) in [6.45, 7) is 10.0. The maximum atomic E-state index is 12.7. The van der Waals surface area contributed by atoms with Crippen molar-refractivity contribution in [3.8, 4) is 0 Å². The summed E-state index contributed by atoms with van der Waals surface area (Å²) in [6, 6.07) is 15.0. The highest BCUT2D eigenvalue weighted by Gasteiger charge is 2.23. The van der Waals surface area contributed by atoms with Crippen LogP contribution in [0.1, 0.15) is 35.3 Å². The fourth-order valence-electron chi connectivity index (χ4n) is 4.07. The van der Waals surface area contributed by atoms with Crippen LogP contribution in [0.3, 0.4) is 0 Å². The minimum absolute atomic E-state index is 0.0393. The first-order valence-corrected chi connectivity index (χ1v) is 11.6. The molecule has 1 heterocycles. The fraction of sp³-hybridized carbons (Fsp3) is 0.423. The molecule has 0 unspecified atom stereocenters. The number of amides is 3. The van der Waals surface area contributed by atoms with Gasteiger partial charge < -0.3 is 15.1 Å². The van der Waals surface area contributed by atoms with Gasteiger partial charge in [-0.2, -0.15) is 0 Å². The predicted molar refractivity (Wildman–Crippen MR) is 130 cm³/mol. The zero-order chi connectivity index (χ0) is 23.8. The van der Waals surface area contributed by atoms with Gasteiger partial charge in [-0.3, -0.25) is 19.3 Å². The summed E-state index contributed by atoms with van der Waals surface area (Å²) in [4.78, 5) is 43.5. The van der Waals surface area contributed by atoms with Gasteiger partial charge in [-0.05, 0) is 50.1 Å². The molecule has 33 heavy (non-hydrogen) atoms. The van der Waals surface area contributed by atoms with Gasteiger partial charge >= 0.3 is 0 Å². The molecular formula is C26H34N4O3. The maximum absolute atomic E-state index is 12.7. The Hall–Kier alpha value is -3.19. The van der Waals surface area contributed by atoms with Crippen molar-refractivity contribution >= 4 is 23.4 Å². The topological polar surface area (TPSA) is 73.0 Å². The van der Waals surface area contributed by atoms with Crippen LogP contribution in [0.5, 0.6) is 0 Å². The maximum Gasteiger partial charge on any atom is 0.253 e. The van der Waals surface area contributed by atoms with Crippen molar-refractivity contribution in [2.24, 2.45) is 0 Å². The van der Waals surface area contributed by atoms with Crippen molar-refractivity contribution in [2.75, 3.05) is 51.1 Å². The number of carbonyl (C=O) groups is 3. The van der Waals surface area contributed by atoms with Gasteiger partial charge in [0, 0.05) is 50.5 Å². The van der Waals surface area contributed by atoms with Crippen molar-refractivity contribution in [2.45, 2.75) is 27.2 Å². The Morgan fingerprint density at radius 1 is 0.939 bits per heavy atom. The standard InChI is InChI=1S/C26H34N4O3/c1-4-29(5-2)26(33)22-11-8-12-23(17-22)27-24(31)19-28-13-15-30(16-14-28)25(32)18-21-10-7-6-9-20(21)3/h6-12,17H,4-5,13-16,18-19H2,1-3H3,(H,27,31). The van der Waals surface area contributed by atoms with Gasteiger partial charge in [0.25, 0.3) is 5.91 Å². The van der Waals surface area contributed by atoms with E-state index in [0.717, 1.165) is 11.1 Å². The van der Waals surface area contributed by atoms with Gasteiger partial charge in [-0.1, -0.05) is 30.3 Å². The van der Waals surface area contributed by atoms with E-state index in [2.05, 4.69) is 10.2 Å². The number of benzene rings is 2. The van der Waals surface area contributed by atoms with Crippen LogP contribution in [-0.2, 0) is 16.0 Å². The van der Waals surface area contributed by atoms with Crippen LogP contribution in [0.25, 0.3) is 0 Å². The normalized spacial score (nSPS) is 14.1. The molecule has 2 aromatic rings. The second-order valence-corrected chi connectivity index (χ2v) is 8.37. The Kier molecular flexibility index (Phi) is 8.60. The molecule has 0 spiro atoms. The molecule has 176 valence electrons. The molecule has 0 radical (unpaired) electrons. The van der Waals surface area contributed by atoms with Crippen LogP contribution in [0.15, 0.2) is 48.5 Å². The van der Waals surface area contributed by atoms with E-state index in [-0.39, 0.29) is 24.3 Å². The molecule has 1 saturated heterocycles. The number of hydrogen-bond acceptors (Lipinski definition) is 4. The molecular weight excluding hydrogens is 416 g/mol. The fourth-order valence-corrected chi connectivity index (χ4v) is 4.07. The average Bonchev–Trinajstić information content (AvgIpc) is 2.82. The lowest BCUT2D eigenvalue weighted by atomic mass is 10.1. The Labute approximate surface area is 196 Å². The van der Waals surface area contributed by atoms with Crippen LogP contribution in [0.4, 0.5) is 5.69 Å². The summed E-state index contributed by atoms with van der Waals surface area (Å²) < 4.78 is 0. The van der Waals surface area contributed by atoms with E-state index in [1.807, 2.05) is 49.9 Å². The second kappa shape index (κ2) is 11.6. The van der Waals surface area contributed by atoms with Crippen LogP contribution in [0.2, 0.25) is 0 Å². The Balaban J connectivity index is 1.48. The van der Waals surface area contributed by atoms with Crippen molar-refractivity contribution in [3.63, 3.8) is 0 Å². The summed E-state index contributed by atoms with van der Waals surface area (Å²) in [5.74, 6) is -0.0344. The van der Waals surface area contributed by atoms with Gasteiger partial charge in [0.1, 0.15) is 0 Å². The van der Waals surface area contributed by atoms with Gasteiger partial charge in [-0.15, -0.1) is 0 Å². The number of rotatable bonds is 8. The summed E-state index contributed by atoms with van der Waals surface area (Å²) in [6.07, 6.45) is 0.412. The molecule has 0 saturated carbocycles. The Bertz CT molecular complexity index is 979. The van der Waals surface area contributed by atoms with E-state index in [4.69, 9.17) is 0 Å². The average molecular weight is 451 g/mol. The molecule has 7 nitrogen and oxygen atoms in total. The van der Waals surface area contributed by atoms with Crippen molar-refractivity contribution in [3.05, 3.63) is 65.2 Å². The molecule has 0 aromatic heterocycles. The van der Waals surface area contributed by atoms with Crippen molar-refractivity contribution in [1.82, 2.24) is 14.7 Å². The van der Waals surface area contributed by atoms with Gasteiger partial charge in [0.2, 0.25) is 11.8 Å². The zero-order valence-corrected chi connectivity index (χ0v) is 19.8. The number of hydrogen-bond donors (Lipinski definition) is 1. The molecule has 1 aliphatic rings. The molecule has 7 heteroatoms. The van der Waals surface area contributed by atoms with E-state index in [0.29, 0.717) is 56.9 Å². The third-order valence-corrected chi connectivity index (χ3v) is 6.14. The first-order chi connectivity index (χ1) is 15.9. The lowest BCUT2D eigenvalue weighted by Gasteiger charge is -2.34. The zero-order valence-electron chi connectivity index (χ0n) is 19.8. The third kappa shape index (κ3) is 6.65. The second-order valence-electron chi connectivity index (χ2n) is 8.37. The summed E-state index contributed by atoms with van der Waals surface area (Å²) in [5.41, 5.74) is 3.37. The molecule has 0 bridgehead atoms. The number of nitrogens with zero attached hydrogens (tertiary/aromatic N) is 3. The summed E-state index contributed by atoms with van der Waals surface area (Å²) in [5, 5.41) is 2.90. The Morgan fingerprint density at radius 2 is 1.64 bits per heavy atom. The molecule has 1 N–H and O–H groups in total. The minimum atomic E-state index is -0.123. The molecule has 0 aliphatic carbocycles. The van der Waals surface area contributed by atoms with Gasteiger partial charge in [0.15, 0.2) is 0 Å². The molecule has 3 rings (SSSR count). The number of nitrogens with one attached hydrogen (secondary N) is 1. The van der Waals surface area contributed by atoms with E-state index >= 15 is 0 Å². The number of anilines is 1. The highest BCUT2D eigenvalue weighted by molar-refractivity contribution is 5.97. The number of carbonyl (C=O) groups excluding carboxylic acids is 3. The smallest absolute Gasteiger partial charge is 0.253 e. The first kappa shape index (κ1) is 24.5. The van der Waals surface area contributed by atoms with E-state index in [1.54, 1.807) is 29.2 Å². The number of aryl methyl sites for hydroxylation is 1. The monoisotopic (exact) mass is 450 g/mol. The largest absolute Gasteiger partial charge is 0.340 e. The van der Waals surface area contributed by atoms with Crippen molar-refractivity contribution in [1.29, 1.82) is 0 Å². The van der Waals surface area contributed by atoms with Gasteiger partial charge in [0.05, 0.1) is 13.0 Å². The lowest BCUT2D eigenvalue weighted by Crippen LogP contribution is -2.50. The van der Waals surface area contributed by atoms with Crippen LogP contribution < -0.4 is 5.32 Å². The van der Waals surface area contributed by atoms with Crippen LogP contribution in [-0.4, -0.2) is 78.2 Å². The highest BCUT2D eigenvalue weighted by atomic mass is 16.2. The molecule has 1 fully saturated rings.